The predicted octanol–water partition coefficient (Wildman–Crippen LogP) is 1.57. The van der Waals surface area contributed by atoms with E-state index in [9.17, 15) is 19.6 Å². The average Bonchev–Trinajstić information content (AvgIpc) is 2.97. The van der Waals surface area contributed by atoms with E-state index in [4.69, 9.17) is 4.74 Å². The van der Waals surface area contributed by atoms with Crippen molar-refractivity contribution in [1.82, 2.24) is 14.0 Å². The number of hydrogen-bond donors (Lipinski definition) is 0. The topological polar surface area (TPSA) is 97.3 Å². The van der Waals surface area contributed by atoms with Gasteiger partial charge < -0.3 is 9.64 Å². The molecule has 28 heavy (non-hydrogen) atoms. The van der Waals surface area contributed by atoms with Crippen molar-refractivity contribution < 1.29 is 14.3 Å². The molecule has 0 N–H and O–H groups in total. The summed E-state index contributed by atoms with van der Waals surface area (Å²) in [5.41, 5.74) is 0.187. The number of rotatable bonds is 5. The Morgan fingerprint density at radius 3 is 2.50 bits per heavy atom. The van der Waals surface area contributed by atoms with Crippen LogP contribution in [0.2, 0.25) is 0 Å². The Bertz CT molecular complexity index is 992. The highest BCUT2D eigenvalue weighted by Gasteiger charge is 2.39. The largest absolute Gasteiger partial charge is 0.454 e. The van der Waals surface area contributed by atoms with Crippen LogP contribution >= 0.6 is 0 Å². The third-order valence-electron chi connectivity index (χ3n) is 5.60. The summed E-state index contributed by atoms with van der Waals surface area (Å²) < 4.78 is 7.90. The number of carbonyl (C=O) groups excluding carboxylic acids is 2. The van der Waals surface area contributed by atoms with Crippen LogP contribution in [0.5, 0.6) is 0 Å². The van der Waals surface area contributed by atoms with Gasteiger partial charge in [-0.25, -0.2) is 4.79 Å². The highest BCUT2D eigenvalue weighted by Crippen LogP contribution is 2.32. The van der Waals surface area contributed by atoms with Gasteiger partial charge in [0.2, 0.25) is 0 Å². The number of hydrogen-bond acceptors (Lipinski definition) is 5. The number of fused-ring (bicyclic) bond motifs is 1. The molecule has 0 saturated heterocycles. The van der Waals surface area contributed by atoms with E-state index < -0.39 is 24.0 Å². The summed E-state index contributed by atoms with van der Waals surface area (Å²) >= 11 is 0. The molecule has 1 aliphatic carbocycles. The molecule has 1 heterocycles. The van der Waals surface area contributed by atoms with Crippen LogP contribution in [0.1, 0.15) is 32.1 Å². The molecule has 0 atom stereocenters. The minimum absolute atomic E-state index is 0.277. The molecular formula is C20H24N4O4. The van der Waals surface area contributed by atoms with Crippen LogP contribution in [0.15, 0.2) is 29.1 Å². The summed E-state index contributed by atoms with van der Waals surface area (Å²) in [6, 6.07) is 9.42. The molecule has 1 aromatic carbocycles. The third-order valence-corrected chi connectivity index (χ3v) is 5.60. The van der Waals surface area contributed by atoms with Crippen molar-refractivity contribution in [2.75, 3.05) is 13.7 Å². The molecule has 1 aliphatic rings. The van der Waals surface area contributed by atoms with Gasteiger partial charge in [-0.15, -0.1) is 0 Å². The van der Waals surface area contributed by atoms with E-state index in [1.807, 2.05) is 6.07 Å². The van der Waals surface area contributed by atoms with E-state index in [2.05, 4.69) is 6.07 Å². The Balaban J connectivity index is 1.65. The van der Waals surface area contributed by atoms with Gasteiger partial charge in [0.1, 0.15) is 12.1 Å². The summed E-state index contributed by atoms with van der Waals surface area (Å²) in [7, 11) is 3.22. The summed E-state index contributed by atoms with van der Waals surface area (Å²) in [6.45, 7) is -0.723. The van der Waals surface area contributed by atoms with E-state index in [-0.39, 0.29) is 12.2 Å². The number of likely N-dealkylation sites (N-methyl/N-ethyl adjacent to an activating group) is 1. The number of ether oxygens (including phenoxy) is 1. The maximum atomic E-state index is 12.5. The second kappa shape index (κ2) is 7.89. The van der Waals surface area contributed by atoms with E-state index in [0.717, 1.165) is 19.3 Å². The molecule has 1 saturated carbocycles. The number of amides is 1. The highest BCUT2D eigenvalue weighted by molar-refractivity contribution is 5.82. The van der Waals surface area contributed by atoms with Gasteiger partial charge in [0.25, 0.3) is 5.91 Å². The first-order chi connectivity index (χ1) is 13.4. The number of imidazole rings is 1. The van der Waals surface area contributed by atoms with E-state index in [0.29, 0.717) is 23.9 Å². The molecule has 0 unspecified atom stereocenters. The number of aromatic nitrogens is 2. The molecule has 0 aliphatic heterocycles. The normalized spacial score (nSPS) is 15.8. The van der Waals surface area contributed by atoms with Crippen molar-refractivity contribution in [3.63, 3.8) is 0 Å². The van der Waals surface area contributed by atoms with Crippen LogP contribution in [0, 0.1) is 11.3 Å². The number of esters is 1. The van der Waals surface area contributed by atoms with Crippen molar-refractivity contribution >= 4 is 22.9 Å². The molecular weight excluding hydrogens is 360 g/mol. The van der Waals surface area contributed by atoms with Crippen LogP contribution < -0.4 is 5.69 Å². The minimum atomic E-state index is -0.825. The Morgan fingerprint density at radius 2 is 1.86 bits per heavy atom. The first kappa shape index (κ1) is 19.7. The monoisotopic (exact) mass is 384 g/mol. The molecule has 8 heteroatoms. The summed E-state index contributed by atoms with van der Waals surface area (Å²) in [5, 5.41) is 9.57. The number of benzene rings is 1. The lowest BCUT2D eigenvalue weighted by atomic mass is 9.81. The van der Waals surface area contributed by atoms with Crippen LogP contribution in [0.4, 0.5) is 0 Å². The second-order valence-corrected chi connectivity index (χ2v) is 7.23. The summed E-state index contributed by atoms with van der Waals surface area (Å²) in [5.74, 6) is -1.09. The van der Waals surface area contributed by atoms with E-state index in [1.54, 1.807) is 32.3 Å². The van der Waals surface area contributed by atoms with Crippen molar-refractivity contribution in [2.24, 2.45) is 7.05 Å². The summed E-state index contributed by atoms with van der Waals surface area (Å²) in [6.07, 6.45) is 4.11. The fraction of sp³-hybridized carbons (Fsp3) is 0.500. The molecule has 8 nitrogen and oxygen atoms in total. The number of aryl methyl sites for hydroxylation is 1. The smallest absolute Gasteiger partial charge is 0.329 e. The van der Waals surface area contributed by atoms with Gasteiger partial charge in [0, 0.05) is 14.1 Å². The Hall–Kier alpha value is -3.08. The first-order valence-corrected chi connectivity index (χ1v) is 9.37. The molecule has 1 aromatic heterocycles. The predicted molar refractivity (Wildman–Crippen MR) is 102 cm³/mol. The zero-order valence-corrected chi connectivity index (χ0v) is 16.2. The zero-order chi connectivity index (χ0) is 20.3. The van der Waals surface area contributed by atoms with Gasteiger partial charge >= 0.3 is 11.7 Å². The van der Waals surface area contributed by atoms with Gasteiger partial charge in [0.15, 0.2) is 6.61 Å². The van der Waals surface area contributed by atoms with Crippen LogP contribution in [0.25, 0.3) is 11.0 Å². The minimum Gasteiger partial charge on any atom is -0.454 e. The van der Waals surface area contributed by atoms with Crippen molar-refractivity contribution in [2.45, 2.75) is 44.2 Å². The van der Waals surface area contributed by atoms with E-state index in [1.165, 1.54) is 14.0 Å². The average molecular weight is 384 g/mol. The van der Waals surface area contributed by atoms with Crippen molar-refractivity contribution in [3.05, 3.63) is 34.7 Å². The number of nitrogens with zero attached hydrogens (tertiary/aromatic N) is 4. The second-order valence-electron chi connectivity index (χ2n) is 7.23. The molecule has 0 radical (unpaired) electrons. The van der Waals surface area contributed by atoms with E-state index >= 15 is 0 Å². The number of nitriles is 1. The molecule has 0 bridgehead atoms. The molecule has 1 amide bonds. The van der Waals surface area contributed by atoms with Crippen LogP contribution in [0.3, 0.4) is 0 Å². The van der Waals surface area contributed by atoms with Crippen LogP contribution in [-0.2, 0) is 27.9 Å². The Kier molecular flexibility index (Phi) is 5.54. The first-order valence-electron chi connectivity index (χ1n) is 9.37. The zero-order valence-electron chi connectivity index (χ0n) is 16.2. The van der Waals surface area contributed by atoms with Gasteiger partial charge in [-0.05, 0) is 25.0 Å². The van der Waals surface area contributed by atoms with Gasteiger partial charge in [0.05, 0.1) is 17.1 Å². The van der Waals surface area contributed by atoms with Gasteiger partial charge in [-0.3, -0.25) is 18.7 Å². The third kappa shape index (κ3) is 3.52. The molecule has 148 valence electrons. The van der Waals surface area contributed by atoms with Crippen molar-refractivity contribution in [3.8, 4) is 6.07 Å². The standard InChI is InChI=1S/C20H24N4O4/c1-22-15-8-4-5-9-16(15)24(19(22)27)12-18(26)28-13-17(25)23(2)20(14-21)10-6-3-7-11-20/h4-5,8-9H,3,6-7,10-13H2,1-2H3. The van der Waals surface area contributed by atoms with Gasteiger partial charge in [-0.1, -0.05) is 31.4 Å². The fourth-order valence-electron chi connectivity index (χ4n) is 3.83. The number of para-hydroxylation sites is 2. The molecule has 1 fully saturated rings. The Labute approximate surface area is 162 Å². The van der Waals surface area contributed by atoms with Crippen molar-refractivity contribution in [1.29, 1.82) is 5.26 Å². The lowest BCUT2D eigenvalue weighted by molar-refractivity contribution is -0.154. The quantitative estimate of drug-likeness (QED) is 0.729. The maximum absolute atomic E-state index is 12.5. The lowest BCUT2D eigenvalue weighted by Gasteiger charge is -2.38. The fourth-order valence-corrected chi connectivity index (χ4v) is 3.83. The lowest BCUT2D eigenvalue weighted by Crippen LogP contribution is -2.51. The maximum Gasteiger partial charge on any atom is 0.329 e. The molecule has 3 rings (SSSR count). The number of carbonyl (C=O) groups is 2. The summed E-state index contributed by atoms with van der Waals surface area (Å²) in [4.78, 5) is 38.5. The highest BCUT2D eigenvalue weighted by atomic mass is 16.5. The molecule has 2 aromatic rings. The van der Waals surface area contributed by atoms with Gasteiger partial charge in [-0.2, -0.15) is 5.26 Å². The Morgan fingerprint density at radius 1 is 1.21 bits per heavy atom. The molecule has 0 spiro atoms. The SMILES string of the molecule is CN(C(=O)COC(=O)Cn1c(=O)n(C)c2ccccc21)C1(C#N)CCCCC1. The van der Waals surface area contributed by atoms with Crippen LogP contribution in [-0.4, -0.2) is 45.1 Å².